The molecule has 1 aromatic rings. The van der Waals surface area contributed by atoms with Gasteiger partial charge >= 0.3 is 6.03 Å². The molecule has 1 fully saturated rings. The smallest absolute Gasteiger partial charge is 0.324 e. The number of hydrogen-bond donors (Lipinski definition) is 2. The summed E-state index contributed by atoms with van der Waals surface area (Å²) in [5.41, 5.74) is 9.31. The fourth-order valence-electron chi connectivity index (χ4n) is 2.78. The number of nitrogens with one attached hydrogen (secondary N) is 1. The molecule has 0 saturated carbocycles. The molecule has 6 nitrogen and oxygen atoms in total. The van der Waals surface area contributed by atoms with Gasteiger partial charge in [0, 0.05) is 31.9 Å². The summed E-state index contributed by atoms with van der Waals surface area (Å²) in [6.07, 6.45) is 0.959. The first-order chi connectivity index (χ1) is 9.65. The zero-order valence-corrected chi connectivity index (χ0v) is 11.3. The van der Waals surface area contributed by atoms with Crippen molar-refractivity contribution >= 4 is 17.6 Å². The molecular formula is C14H18N4O2. The van der Waals surface area contributed by atoms with E-state index in [2.05, 4.69) is 16.3 Å². The number of nitrogens with two attached hydrogens (primary N) is 1. The van der Waals surface area contributed by atoms with Gasteiger partial charge in [-0.1, -0.05) is 12.1 Å². The van der Waals surface area contributed by atoms with Crippen molar-refractivity contribution in [2.24, 2.45) is 0 Å². The zero-order chi connectivity index (χ0) is 14.1. The molecular weight excluding hydrogens is 256 g/mol. The van der Waals surface area contributed by atoms with Crippen molar-refractivity contribution in [3.63, 3.8) is 0 Å². The number of nitrogens with zero attached hydrogens (tertiary/aromatic N) is 2. The maximum absolute atomic E-state index is 11.5. The van der Waals surface area contributed by atoms with E-state index in [9.17, 15) is 9.59 Å². The number of fused-ring (bicyclic) bond motifs is 1. The number of rotatable bonds is 3. The van der Waals surface area contributed by atoms with Gasteiger partial charge in [0.15, 0.2) is 0 Å². The van der Waals surface area contributed by atoms with Crippen molar-refractivity contribution < 1.29 is 9.59 Å². The second-order valence-electron chi connectivity index (χ2n) is 5.22. The molecule has 0 aromatic heterocycles. The third-order valence-electron chi connectivity index (χ3n) is 3.97. The van der Waals surface area contributed by atoms with Crippen LogP contribution in [0, 0.1) is 0 Å². The van der Waals surface area contributed by atoms with Crippen molar-refractivity contribution in [3.05, 3.63) is 29.3 Å². The van der Waals surface area contributed by atoms with E-state index in [1.807, 2.05) is 12.1 Å². The molecule has 3 N–H and O–H groups in total. The molecule has 2 aliphatic rings. The van der Waals surface area contributed by atoms with Crippen LogP contribution in [0.15, 0.2) is 18.2 Å². The molecule has 1 aromatic carbocycles. The van der Waals surface area contributed by atoms with Gasteiger partial charge in [-0.15, -0.1) is 0 Å². The van der Waals surface area contributed by atoms with Crippen LogP contribution in [-0.4, -0.2) is 47.9 Å². The zero-order valence-electron chi connectivity index (χ0n) is 11.3. The predicted molar refractivity (Wildman–Crippen MR) is 74.9 cm³/mol. The number of amides is 3. The van der Waals surface area contributed by atoms with E-state index in [0.717, 1.165) is 25.2 Å². The predicted octanol–water partition coefficient (Wildman–Crippen LogP) is 0.179. The molecule has 0 bridgehead atoms. The van der Waals surface area contributed by atoms with Crippen LogP contribution in [0.25, 0.3) is 0 Å². The minimum atomic E-state index is -0.285. The lowest BCUT2D eigenvalue weighted by Crippen LogP contribution is -2.40. The lowest BCUT2D eigenvalue weighted by Gasteiger charge is -2.30. The molecule has 0 radical (unpaired) electrons. The molecule has 0 spiro atoms. The summed E-state index contributed by atoms with van der Waals surface area (Å²) in [6.45, 7) is 2.96. The number of imide groups is 1. The van der Waals surface area contributed by atoms with Crippen molar-refractivity contribution in [2.45, 2.75) is 13.0 Å². The van der Waals surface area contributed by atoms with Crippen molar-refractivity contribution in [1.29, 1.82) is 0 Å². The fourth-order valence-corrected chi connectivity index (χ4v) is 2.78. The molecule has 20 heavy (non-hydrogen) atoms. The third-order valence-corrected chi connectivity index (χ3v) is 3.97. The van der Waals surface area contributed by atoms with E-state index >= 15 is 0 Å². The second kappa shape index (κ2) is 5.13. The van der Waals surface area contributed by atoms with E-state index in [0.29, 0.717) is 13.1 Å². The van der Waals surface area contributed by atoms with Crippen LogP contribution >= 0.6 is 0 Å². The number of benzene rings is 1. The summed E-state index contributed by atoms with van der Waals surface area (Å²) < 4.78 is 0. The molecule has 2 heterocycles. The molecule has 106 valence electrons. The summed E-state index contributed by atoms with van der Waals surface area (Å²) in [7, 11) is 0. The highest BCUT2D eigenvalue weighted by atomic mass is 16.2. The number of carbonyl (C=O) groups is 2. The van der Waals surface area contributed by atoms with Gasteiger partial charge in [0.05, 0.1) is 6.54 Å². The first-order valence-corrected chi connectivity index (χ1v) is 6.82. The van der Waals surface area contributed by atoms with Crippen molar-refractivity contribution in [2.75, 3.05) is 31.9 Å². The van der Waals surface area contributed by atoms with E-state index in [-0.39, 0.29) is 18.5 Å². The van der Waals surface area contributed by atoms with Crippen LogP contribution in [0.4, 0.5) is 10.5 Å². The van der Waals surface area contributed by atoms with Gasteiger partial charge in [0.2, 0.25) is 5.91 Å². The van der Waals surface area contributed by atoms with Gasteiger partial charge < -0.3 is 11.1 Å². The Hall–Kier alpha value is -2.08. The van der Waals surface area contributed by atoms with Gasteiger partial charge in [0.25, 0.3) is 0 Å². The van der Waals surface area contributed by atoms with Gasteiger partial charge in [-0.25, -0.2) is 4.79 Å². The van der Waals surface area contributed by atoms with E-state index < -0.39 is 0 Å². The second-order valence-corrected chi connectivity index (χ2v) is 5.22. The summed E-state index contributed by atoms with van der Waals surface area (Å²) in [5.74, 6) is -0.146. The molecule has 0 unspecified atom stereocenters. The largest absolute Gasteiger partial charge is 0.398 e. The maximum Gasteiger partial charge on any atom is 0.324 e. The Morgan fingerprint density at radius 3 is 2.85 bits per heavy atom. The first kappa shape index (κ1) is 12.9. The summed E-state index contributed by atoms with van der Waals surface area (Å²) in [5, 5.41) is 2.53. The average molecular weight is 274 g/mol. The molecule has 0 atom stereocenters. The van der Waals surface area contributed by atoms with Crippen LogP contribution in [-0.2, 0) is 17.8 Å². The third kappa shape index (κ3) is 2.34. The van der Waals surface area contributed by atoms with Gasteiger partial charge in [-0.05, 0) is 23.6 Å². The number of hydrogen-bond acceptors (Lipinski definition) is 4. The summed E-state index contributed by atoms with van der Waals surface area (Å²) in [6, 6.07) is 5.73. The highest BCUT2D eigenvalue weighted by Crippen LogP contribution is 2.24. The Morgan fingerprint density at radius 2 is 2.10 bits per heavy atom. The Bertz CT molecular complexity index is 542. The Labute approximate surface area is 117 Å². The Balaban J connectivity index is 1.62. The quantitative estimate of drug-likeness (QED) is 0.609. The lowest BCUT2D eigenvalue weighted by molar-refractivity contribution is -0.125. The van der Waals surface area contributed by atoms with E-state index in [4.69, 9.17) is 5.73 Å². The Morgan fingerprint density at radius 1 is 1.25 bits per heavy atom. The maximum atomic E-state index is 11.5. The monoisotopic (exact) mass is 274 g/mol. The van der Waals surface area contributed by atoms with Crippen LogP contribution in [0.2, 0.25) is 0 Å². The van der Waals surface area contributed by atoms with Crippen LogP contribution in [0.5, 0.6) is 0 Å². The van der Waals surface area contributed by atoms with Crippen LogP contribution in [0.1, 0.15) is 11.1 Å². The molecule has 2 aliphatic heterocycles. The average Bonchev–Trinajstić information content (AvgIpc) is 2.76. The number of urea groups is 1. The molecule has 1 saturated heterocycles. The van der Waals surface area contributed by atoms with Crippen LogP contribution < -0.4 is 11.1 Å². The summed E-state index contributed by atoms with van der Waals surface area (Å²) >= 11 is 0. The number of carbonyl (C=O) groups excluding carboxylic acids is 2. The molecule has 6 heteroatoms. The van der Waals surface area contributed by atoms with Gasteiger partial charge in [-0.3, -0.25) is 14.6 Å². The standard InChI is InChI=1S/C14H18N4O2/c15-12-3-1-2-10-4-5-17(9-11(10)12)6-7-18-13(19)8-16-14(18)20/h1-3H,4-9,15H2,(H,16,20). The SMILES string of the molecule is Nc1cccc2c1CN(CCN1C(=O)CNC1=O)CC2. The molecule has 3 rings (SSSR count). The van der Waals surface area contributed by atoms with Crippen molar-refractivity contribution in [1.82, 2.24) is 15.1 Å². The van der Waals surface area contributed by atoms with Gasteiger partial charge in [0.1, 0.15) is 0 Å². The molecule has 3 amide bonds. The first-order valence-electron chi connectivity index (χ1n) is 6.82. The highest BCUT2D eigenvalue weighted by Gasteiger charge is 2.28. The van der Waals surface area contributed by atoms with Gasteiger partial charge in [-0.2, -0.15) is 0 Å². The minimum Gasteiger partial charge on any atom is -0.398 e. The number of nitrogen functional groups attached to an aromatic ring is 1. The van der Waals surface area contributed by atoms with E-state index in [1.54, 1.807) is 0 Å². The Kier molecular flexibility index (Phi) is 3.31. The topological polar surface area (TPSA) is 78.7 Å². The normalized spacial score (nSPS) is 19.1. The highest BCUT2D eigenvalue weighted by molar-refractivity contribution is 6.01. The fraction of sp³-hybridized carbons (Fsp3) is 0.429. The number of anilines is 1. The molecule has 0 aliphatic carbocycles. The van der Waals surface area contributed by atoms with E-state index in [1.165, 1.54) is 16.0 Å². The van der Waals surface area contributed by atoms with Crippen molar-refractivity contribution in [3.8, 4) is 0 Å². The van der Waals surface area contributed by atoms with Crippen LogP contribution in [0.3, 0.4) is 0 Å². The summed E-state index contributed by atoms with van der Waals surface area (Å²) in [4.78, 5) is 26.5. The minimum absolute atomic E-state index is 0.120. The lowest BCUT2D eigenvalue weighted by atomic mass is 9.98.